The predicted molar refractivity (Wildman–Crippen MR) is 107 cm³/mol. The van der Waals surface area contributed by atoms with E-state index in [1.807, 2.05) is 18.2 Å². The van der Waals surface area contributed by atoms with Crippen LogP contribution >= 0.6 is 0 Å². The fourth-order valence-corrected chi connectivity index (χ4v) is 3.96. The minimum Gasteiger partial charge on any atom is -0.399 e. The van der Waals surface area contributed by atoms with E-state index in [9.17, 15) is 14.4 Å². The summed E-state index contributed by atoms with van der Waals surface area (Å²) < 4.78 is 5.49. The number of ether oxygens (including phenoxy) is 1. The van der Waals surface area contributed by atoms with E-state index in [1.165, 1.54) is 0 Å². The Bertz CT molecular complexity index is 913. The molecule has 7 heteroatoms. The minimum atomic E-state index is -0.793. The Morgan fingerprint density at radius 1 is 1.14 bits per heavy atom. The zero-order valence-corrected chi connectivity index (χ0v) is 15.9. The molecule has 3 atom stereocenters. The highest BCUT2D eigenvalue weighted by Crippen LogP contribution is 2.28. The summed E-state index contributed by atoms with van der Waals surface area (Å²) in [5.74, 6) is -0.678. The lowest BCUT2D eigenvalue weighted by Crippen LogP contribution is -2.53. The maximum atomic E-state index is 13.4. The molecule has 0 aromatic heterocycles. The van der Waals surface area contributed by atoms with E-state index in [2.05, 4.69) is 5.32 Å². The Labute approximate surface area is 168 Å². The number of benzene rings is 2. The van der Waals surface area contributed by atoms with Crippen LogP contribution in [0.15, 0.2) is 54.6 Å². The normalized spacial score (nSPS) is 21.7. The number of hydrogen-bond donors (Lipinski definition) is 2. The molecule has 2 saturated heterocycles. The van der Waals surface area contributed by atoms with Crippen molar-refractivity contribution < 1.29 is 19.1 Å². The highest BCUT2D eigenvalue weighted by atomic mass is 16.5. The number of nitrogens with zero attached hydrogens (tertiary/aromatic N) is 1. The topological polar surface area (TPSA) is 102 Å². The van der Waals surface area contributed by atoms with Gasteiger partial charge in [0.1, 0.15) is 18.7 Å². The zero-order valence-electron chi connectivity index (χ0n) is 15.9. The number of nitrogens with one attached hydrogen (secondary N) is 1. The van der Waals surface area contributed by atoms with Gasteiger partial charge in [-0.3, -0.25) is 14.4 Å². The van der Waals surface area contributed by atoms with Gasteiger partial charge in [-0.2, -0.15) is 0 Å². The van der Waals surface area contributed by atoms with Gasteiger partial charge >= 0.3 is 0 Å². The van der Waals surface area contributed by atoms with Crippen molar-refractivity contribution in [1.82, 2.24) is 10.2 Å². The molecular weight excluding hydrogens is 370 g/mol. The summed E-state index contributed by atoms with van der Waals surface area (Å²) in [6, 6.07) is 14.6. The average molecular weight is 393 g/mol. The van der Waals surface area contributed by atoms with E-state index < -0.39 is 12.1 Å². The van der Waals surface area contributed by atoms with Crippen molar-refractivity contribution in [2.24, 2.45) is 0 Å². The Kier molecular flexibility index (Phi) is 5.31. The Hall–Kier alpha value is -3.19. The summed E-state index contributed by atoms with van der Waals surface area (Å²) in [5, 5.41) is 2.85. The standard InChI is InChI=1S/C22H23N3O4/c23-16-8-6-14(7-9-16)12-17(24-21(27)15-4-2-1-3-5-15)22(28)25-11-10-19-20(25)18(26)13-29-19/h1-9,17,19-20H,10-13,23H2,(H,24,27). The Morgan fingerprint density at radius 3 is 2.59 bits per heavy atom. The number of carbonyl (C=O) groups excluding carboxylic acids is 3. The molecule has 0 aliphatic carbocycles. The van der Waals surface area contributed by atoms with Gasteiger partial charge in [-0.25, -0.2) is 0 Å². The molecule has 150 valence electrons. The van der Waals surface area contributed by atoms with E-state index in [4.69, 9.17) is 10.5 Å². The fraction of sp³-hybridized carbons (Fsp3) is 0.318. The molecule has 3 unspecified atom stereocenters. The molecule has 7 nitrogen and oxygen atoms in total. The fourth-order valence-electron chi connectivity index (χ4n) is 3.96. The maximum Gasteiger partial charge on any atom is 0.251 e. The largest absolute Gasteiger partial charge is 0.399 e. The molecule has 2 aliphatic rings. The smallest absolute Gasteiger partial charge is 0.251 e. The first kappa shape index (κ1) is 19.1. The van der Waals surface area contributed by atoms with Gasteiger partial charge in [-0.05, 0) is 36.2 Å². The molecule has 0 saturated carbocycles. The molecule has 0 spiro atoms. The average Bonchev–Trinajstić information content (AvgIpc) is 3.32. The van der Waals surface area contributed by atoms with Crippen molar-refractivity contribution in [2.75, 3.05) is 18.9 Å². The zero-order chi connectivity index (χ0) is 20.4. The van der Waals surface area contributed by atoms with Crippen molar-refractivity contribution in [3.63, 3.8) is 0 Å². The van der Waals surface area contributed by atoms with Gasteiger partial charge in [0.2, 0.25) is 5.91 Å². The Balaban J connectivity index is 1.57. The maximum absolute atomic E-state index is 13.4. The van der Waals surface area contributed by atoms with Crippen molar-refractivity contribution in [1.29, 1.82) is 0 Å². The van der Waals surface area contributed by atoms with Crippen LogP contribution in [0.5, 0.6) is 0 Å². The number of ketones is 1. The number of amides is 2. The second kappa shape index (κ2) is 8.05. The number of nitrogens with two attached hydrogens (primary N) is 1. The van der Waals surface area contributed by atoms with Gasteiger partial charge in [-0.15, -0.1) is 0 Å². The van der Waals surface area contributed by atoms with Crippen LogP contribution in [-0.4, -0.2) is 53.8 Å². The highest BCUT2D eigenvalue weighted by Gasteiger charge is 2.48. The van der Waals surface area contributed by atoms with Crippen molar-refractivity contribution >= 4 is 23.3 Å². The van der Waals surface area contributed by atoms with Crippen molar-refractivity contribution in [2.45, 2.75) is 31.0 Å². The monoisotopic (exact) mass is 393 g/mol. The van der Waals surface area contributed by atoms with Gasteiger partial charge in [-0.1, -0.05) is 30.3 Å². The number of carbonyl (C=O) groups is 3. The summed E-state index contributed by atoms with van der Waals surface area (Å²) in [6.07, 6.45) is 0.692. The van der Waals surface area contributed by atoms with E-state index in [-0.39, 0.29) is 30.3 Å². The van der Waals surface area contributed by atoms with Gasteiger partial charge in [0.15, 0.2) is 5.78 Å². The highest BCUT2D eigenvalue weighted by molar-refractivity contribution is 5.99. The van der Waals surface area contributed by atoms with Gasteiger partial charge in [0, 0.05) is 24.2 Å². The van der Waals surface area contributed by atoms with Crippen LogP contribution in [0.25, 0.3) is 0 Å². The summed E-state index contributed by atoms with van der Waals surface area (Å²) in [5.41, 5.74) is 7.72. The SMILES string of the molecule is Nc1ccc(CC(NC(=O)c2ccccc2)C(=O)N2CCC3OCC(=O)C32)cc1. The van der Waals surface area contributed by atoms with Crippen molar-refractivity contribution in [3.05, 3.63) is 65.7 Å². The molecule has 2 aromatic rings. The van der Waals surface area contributed by atoms with Crippen LogP contribution in [-0.2, 0) is 20.7 Å². The quantitative estimate of drug-likeness (QED) is 0.743. The molecule has 2 aromatic carbocycles. The summed E-state index contributed by atoms with van der Waals surface area (Å²) in [6.45, 7) is 0.484. The van der Waals surface area contributed by atoms with Gasteiger partial charge < -0.3 is 20.7 Å². The molecule has 2 aliphatic heterocycles. The van der Waals surface area contributed by atoms with E-state index in [0.29, 0.717) is 30.6 Å². The number of likely N-dealkylation sites (tertiary alicyclic amines) is 1. The van der Waals surface area contributed by atoms with E-state index in [1.54, 1.807) is 41.3 Å². The molecule has 3 N–H and O–H groups in total. The van der Waals surface area contributed by atoms with Crippen LogP contribution < -0.4 is 11.1 Å². The van der Waals surface area contributed by atoms with E-state index >= 15 is 0 Å². The molecule has 2 heterocycles. The van der Waals surface area contributed by atoms with Crippen LogP contribution in [0.3, 0.4) is 0 Å². The molecular formula is C22H23N3O4. The minimum absolute atomic E-state index is 0.0398. The number of Topliss-reactive ketones (excluding diaryl/α,β-unsaturated/α-hetero) is 1. The lowest BCUT2D eigenvalue weighted by Gasteiger charge is -2.27. The summed E-state index contributed by atoms with van der Waals surface area (Å²) in [4.78, 5) is 39.8. The van der Waals surface area contributed by atoms with Gasteiger partial charge in [0.25, 0.3) is 5.91 Å². The number of nitrogen functional groups attached to an aromatic ring is 1. The first-order valence-corrected chi connectivity index (χ1v) is 9.68. The molecule has 0 bridgehead atoms. The van der Waals surface area contributed by atoms with Crippen molar-refractivity contribution in [3.8, 4) is 0 Å². The molecule has 4 rings (SSSR count). The lowest BCUT2D eigenvalue weighted by atomic mass is 10.0. The third-order valence-corrected chi connectivity index (χ3v) is 5.45. The van der Waals surface area contributed by atoms with Crippen LogP contribution in [0.1, 0.15) is 22.3 Å². The third-order valence-electron chi connectivity index (χ3n) is 5.45. The molecule has 2 amide bonds. The van der Waals surface area contributed by atoms with Crippen LogP contribution in [0.2, 0.25) is 0 Å². The predicted octanol–water partition coefficient (Wildman–Crippen LogP) is 1.18. The van der Waals surface area contributed by atoms with Crippen LogP contribution in [0.4, 0.5) is 5.69 Å². The first-order chi connectivity index (χ1) is 14.0. The first-order valence-electron chi connectivity index (χ1n) is 9.68. The molecule has 2 fully saturated rings. The number of hydrogen-bond acceptors (Lipinski definition) is 5. The summed E-state index contributed by atoms with van der Waals surface area (Å²) >= 11 is 0. The van der Waals surface area contributed by atoms with Crippen LogP contribution in [0, 0.1) is 0 Å². The second-order valence-electron chi connectivity index (χ2n) is 7.42. The third kappa shape index (κ3) is 4.00. The Morgan fingerprint density at radius 2 is 1.86 bits per heavy atom. The number of anilines is 1. The second-order valence-corrected chi connectivity index (χ2v) is 7.42. The van der Waals surface area contributed by atoms with Gasteiger partial charge in [0.05, 0.1) is 6.10 Å². The van der Waals surface area contributed by atoms with E-state index in [0.717, 1.165) is 5.56 Å². The number of rotatable bonds is 5. The summed E-state index contributed by atoms with van der Waals surface area (Å²) in [7, 11) is 0. The lowest BCUT2D eigenvalue weighted by molar-refractivity contribution is -0.138. The number of fused-ring (bicyclic) bond motifs is 1. The molecule has 29 heavy (non-hydrogen) atoms. The molecule has 0 radical (unpaired) electrons.